The lowest BCUT2D eigenvalue weighted by atomic mass is 10.1. The van der Waals surface area contributed by atoms with Gasteiger partial charge in [0.15, 0.2) is 0 Å². The van der Waals surface area contributed by atoms with Crippen LogP contribution in [0.4, 0.5) is 11.4 Å². The average Bonchev–Trinajstić information content (AvgIpc) is 3.26. The molecule has 0 amide bonds. The molecule has 1 aliphatic rings. The lowest BCUT2D eigenvalue weighted by molar-refractivity contribution is 0.588. The van der Waals surface area contributed by atoms with Crippen LogP contribution < -0.4 is 4.90 Å². The highest BCUT2D eigenvalue weighted by atomic mass is 79.9. The van der Waals surface area contributed by atoms with Crippen LogP contribution in [0.15, 0.2) is 76.1 Å². The van der Waals surface area contributed by atoms with Gasteiger partial charge in [0.25, 0.3) is 10.0 Å². The van der Waals surface area contributed by atoms with E-state index in [1.165, 1.54) is 9.54 Å². The Hall–Kier alpha value is -2.57. The summed E-state index contributed by atoms with van der Waals surface area (Å²) in [6.45, 7) is 4.68. The van der Waals surface area contributed by atoms with Crippen molar-refractivity contribution in [2.45, 2.75) is 25.2 Å². The van der Waals surface area contributed by atoms with Gasteiger partial charge in [0, 0.05) is 22.1 Å². The highest BCUT2D eigenvalue weighted by Crippen LogP contribution is 2.43. The van der Waals surface area contributed by atoms with E-state index < -0.39 is 10.0 Å². The van der Waals surface area contributed by atoms with E-state index in [9.17, 15) is 8.42 Å². The smallest absolute Gasteiger partial charge is 0.268 e. The van der Waals surface area contributed by atoms with Crippen molar-refractivity contribution in [2.75, 3.05) is 11.4 Å². The Morgan fingerprint density at radius 1 is 0.933 bits per heavy atom. The largest absolute Gasteiger partial charge is 0.339 e. The third-order valence-electron chi connectivity index (χ3n) is 5.80. The Kier molecular flexibility index (Phi) is 4.52. The molecule has 4 nitrogen and oxygen atoms in total. The maximum atomic E-state index is 13.7. The second-order valence-corrected chi connectivity index (χ2v) is 10.4. The molecule has 0 saturated heterocycles. The molecule has 3 aromatic carbocycles. The van der Waals surface area contributed by atoms with Crippen LogP contribution in [0.25, 0.3) is 10.9 Å². The van der Waals surface area contributed by atoms with Crippen LogP contribution in [0, 0.1) is 13.8 Å². The first-order valence-electron chi connectivity index (χ1n) is 9.86. The number of aromatic nitrogens is 1. The number of rotatable bonds is 3. The van der Waals surface area contributed by atoms with Crippen LogP contribution in [-0.4, -0.2) is 18.9 Å². The lowest BCUT2D eigenvalue weighted by Gasteiger charge is -2.20. The molecule has 0 radical (unpaired) electrons. The quantitative estimate of drug-likeness (QED) is 0.363. The van der Waals surface area contributed by atoms with E-state index in [0.717, 1.165) is 45.5 Å². The number of nitrogens with zero attached hydrogens (tertiary/aromatic N) is 2. The SMILES string of the molecule is Cc1ccc(S(=O)(=O)n2c(C)c(N3CCc4ccccc43)c3cc(Br)ccc32)cc1. The number of anilines is 2. The van der Waals surface area contributed by atoms with Crippen molar-refractivity contribution < 1.29 is 8.42 Å². The first kappa shape index (κ1) is 19.4. The minimum atomic E-state index is -3.74. The van der Waals surface area contributed by atoms with E-state index in [4.69, 9.17) is 0 Å². The van der Waals surface area contributed by atoms with E-state index in [-0.39, 0.29) is 0 Å². The molecule has 1 aromatic heterocycles. The summed E-state index contributed by atoms with van der Waals surface area (Å²) >= 11 is 3.57. The fourth-order valence-electron chi connectivity index (χ4n) is 4.38. The molecule has 0 N–H and O–H groups in total. The Morgan fingerprint density at radius 3 is 2.43 bits per heavy atom. The van der Waals surface area contributed by atoms with E-state index in [2.05, 4.69) is 39.0 Å². The maximum absolute atomic E-state index is 13.7. The molecule has 6 heteroatoms. The molecular weight excluding hydrogens is 460 g/mol. The van der Waals surface area contributed by atoms with Gasteiger partial charge in [0.05, 0.1) is 21.8 Å². The molecule has 0 unspecified atom stereocenters. The summed E-state index contributed by atoms with van der Waals surface area (Å²) in [5, 5.41) is 0.925. The zero-order valence-electron chi connectivity index (χ0n) is 16.8. The van der Waals surface area contributed by atoms with Gasteiger partial charge < -0.3 is 4.90 Å². The van der Waals surface area contributed by atoms with Gasteiger partial charge in [-0.2, -0.15) is 0 Å². The van der Waals surface area contributed by atoms with E-state index in [1.807, 2.05) is 50.2 Å². The first-order chi connectivity index (χ1) is 14.4. The van der Waals surface area contributed by atoms with Gasteiger partial charge in [0.2, 0.25) is 0 Å². The molecule has 0 bridgehead atoms. The van der Waals surface area contributed by atoms with Crippen molar-refractivity contribution in [2.24, 2.45) is 0 Å². The summed E-state index contributed by atoms with van der Waals surface area (Å²) in [4.78, 5) is 2.55. The molecule has 5 rings (SSSR count). The molecule has 0 atom stereocenters. The Morgan fingerprint density at radius 2 is 1.67 bits per heavy atom. The summed E-state index contributed by atoms with van der Waals surface area (Å²) in [5.74, 6) is 0. The van der Waals surface area contributed by atoms with Gasteiger partial charge >= 0.3 is 0 Å². The minimum Gasteiger partial charge on any atom is -0.339 e. The first-order valence-corrected chi connectivity index (χ1v) is 12.1. The Labute approximate surface area is 184 Å². The topological polar surface area (TPSA) is 42.3 Å². The summed E-state index contributed by atoms with van der Waals surface area (Å²) in [6.07, 6.45) is 0.945. The number of fused-ring (bicyclic) bond motifs is 2. The fourth-order valence-corrected chi connectivity index (χ4v) is 6.30. The van der Waals surface area contributed by atoms with E-state index in [1.54, 1.807) is 12.1 Å². The molecule has 0 aliphatic carbocycles. The molecule has 0 spiro atoms. The van der Waals surface area contributed by atoms with Crippen LogP contribution in [0.2, 0.25) is 0 Å². The zero-order chi connectivity index (χ0) is 21.0. The van der Waals surface area contributed by atoms with Crippen molar-refractivity contribution in [3.63, 3.8) is 0 Å². The van der Waals surface area contributed by atoms with Gasteiger partial charge in [-0.3, -0.25) is 0 Å². The van der Waals surface area contributed by atoms with Gasteiger partial charge in [-0.25, -0.2) is 12.4 Å². The second kappa shape index (κ2) is 7.00. The number of halogens is 1. The molecule has 30 heavy (non-hydrogen) atoms. The van der Waals surface area contributed by atoms with Crippen molar-refractivity contribution in [3.8, 4) is 0 Å². The molecule has 4 aromatic rings. The maximum Gasteiger partial charge on any atom is 0.268 e. The fraction of sp³-hybridized carbons (Fsp3) is 0.167. The molecular formula is C24H21BrN2O2S. The summed E-state index contributed by atoms with van der Waals surface area (Å²) < 4.78 is 29.8. The van der Waals surface area contributed by atoms with Gasteiger partial charge in [0.1, 0.15) is 0 Å². The average molecular weight is 481 g/mol. The van der Waals surface area contributed by atoms with Crippen LogP contribution in [0.5, 0.6) is 0 Å². The second-order valence-electron chi connectivity index (χ2n) is 7.71. The number of hydrogen-bond acceptors (Lipinski definition) is 3. The zero-order valence-corrected chi connectivity index (χ0v) is 19.2. The predicted molar refractivity (Wildman–Crippen MR) is 125 cm³/mol. The molecule has 0 fully saturated rings. The number of para-hydroxylation sites is 1. The standard InChI is InChI=1S/C24H21BrN2O2S/c1-16-7-10-20(11-8-16)30(28,29)27-17(2)24(21-15-19(25)9-12-23(21)27)26-14-13-18-5-3-4-6-22(18)26/h3-12,15H,13-14H2,1-2H3. The Balaban J connectivity index is 1.80. The van der Waals surface area contributed by atoms with Crippen LogP contribution in [-0.2, 0) is 16.4 Å². The highest BCUT2D eigenvalue weighted by molar-refractivity contribution is 9.10. The van der Waals surface area contributed by atoms with E-state index >= 15 is 0 Å². The van der Waals surface area contributed by atoms with Crippen molar-refractivity contribution in [1.29, 1.82) is 0 Å². The molecule has 1 aliphatic heterocycles. The van der Waals surface area contributed by atoms with Gasteiger partial charge in [-0.15, -0.1) is 0 Å². The van der Waals surface area contributed by atoms with Crippen LogP contribution in [0.1, 0.15) is 16.8 Å². The summed E-state index contributed by atoms with van der Waals surface area (Å²) in [5.41, 5.74) is 5.82. The summed E-state index contributed by atoms with van der Waals surface area (Å²) in [6, 6.07) is 21.2. The van der Waals surface area contributed by atoms with Crippen LogP contribution in [0.3, 0.4) is 0 Å². The van der Waals surface area contributed by atoms with E-state index in [0.29, 0.717) is 10.4 Å². The third kappa shape index (κ3) is 2.89. The normalized spacial score (nSPS) is 13.8. The van der Waals surface area contributed by atoms with Gasteiger partial charge in [-0.05, 0) is 62.2 Å². The van der Waals surface area contributed by atoms with Crippen molar-refractivity contribution in [3.05, 3.63) is 88.0 Å². The number of benzene rings is 3. The molecule has 0 saturated carbocycles. The summed E-state index contributed by atoms with van der Waals surface area (Å²) in [7, 11) is -3.74. The molecule has 2 heterocycles. The Bertz CT molecular complexity index is 1390. The minimum absolute atomic E-state index is 0.296. The van der Waals surface area contributed by atoms with Crippen molar-refractivity contribution >= 4 is 48.2 Å². The highest BCUT2D eigenvalue weighted by Gasteiger charge is 2.30. The monoisotopic (exact) mass is 480 g/mol. The van der Waals surface area contributed by atoms with Crippen molar-refractivity contribution in [1.82, 2.24) is 3.97 Å². The molecule has 152 valence electrons. The predicted octanol–water partition coefficient (Wildman–Crippen LogP) is 5.95. The lowest BCUT2D eigenvalue weighted by Crippen LogP contribution is -2.17. The number of aryl methyl sites for hydroxylation is 1. The van der Waals surface area contributed by atoms with Gasteiger partial charge in [-0.1, -0.05) is 51.8 Å². The van der Waals surface area contributed by atoms with Crippen LogP contribution >= 0.6 is 15.9 Å². The third-order valence-corrected chi connectivity index (χ3v) is 8.11. The number of hydrogen-bond donors (Lipinski definition) is 0.